The molecule has 0 bridgehead atoms. The van der Waals surface area contributed by atoms with Crippen LogP contribution >= 0.6 is 0 Å². The Labute approximate surface area is 174 Å². The summed E-state index contributed by atoms with van der Waals surface area (Å²) in [5.41, 5.74) is 3.89. The Hall–Kier alpha value is -2.75. The van der Waals surface area contributed by atoms with Crippen LogP contribution in [0.1, 0.15) is 51.3 Å². The molecule has 0 saturated heterocycles. The standard InChI is InChI=1S/C25H32N2O2/c1-4-5-6-7-8-9-18-23-26-24(19-14-10-12-16-21(19)28-2)25(27-23)20-15-11-13-17-22(20)29-3/h10-17H,4-9,18H2,1-3H3,(H,26,27). The Morgan fingerprint density at radius 1 is 0.759 bits per heavy atom. The summed E-state index contributed by atoms with van der Waals surface area (Å²) in [6, 6.07) is 16.1. The van der Waals surface area contributed by atoms with Gasteiger partial charge in [0.1, 0.15) is 23.0 Å². The van der Waals surface area contributed by atoms with E-state index < -0.39 is 0 Å². The van der Waals surface area contributed by atoms with Crippen LogP contribution in [-0.4, -0.2) is 24.2 Å². The second-order valence-corrected chi connectivity index (χ2v) is 7.33. The minimum absolute atomic E-state index is 0.821. The molecule has 1 heterocycles. The van der Waals surface area contributed by atoms with Crippen molar-refractivity contribution in [2.24, 2.45) is 0 Å². The predicted molar refractivity (Wildman–Crippen MR) is 120 cm³/mol. The summed E-state index contributed by atoms with van der Waals surface area (Å²) in [5, 5.41) is 0. The lowest BCUT2D eigenvalue weighted by Gasteiger charge is -2.10. The van der Waals surface area contributed by atoms with Crippen molar-refractivity contribution >= 4 is 0 Å². The summed E-state index contributed by atoms with van der Waals surface area (Å²) in [6.45, 7) is 2.25. The van der Waals surface area contributed by atoms with E-state index in [2.05, 4.69) is 24.0 Å². The van der Waals surface area contributed by atoms with Gasteiger partial charge < -0.3 is 14.5 Å². The number of aromatic amines is 1. The number of hydrogen-bond donors (Lipinski definition) is 1. The summed E-state index contributed by atoms with van der Waals surface area (Å²) in [6.07, 6.45) is 8.58. The number of methoxy groups -OCH3 is 2. The molecule has 2 aromatic carbocycles. The lowest BCUT2D eigenvalue weighted by Crippen LogP contribution is -1.92. The molecule has 0 fully saturated rings. The van der Waals surface area contributed by atoms with Crippen LogP contribution in [0.4, 0.5) is 0 Å². The van der Waals surface area contributed by atoms with E-state index in [-0.39, 0.29) is 0 Å². The summed E-state index contributed by atoms with van der Waals surface area (Å²) in [7, 11) is 3.40. The quantitative estimate of drug-likeness (QED) is 0.371. The van der Waals surface area contributed by atoms with Crippen LogP contribution in [-0.2, 0) is 6.42 Å². The second kappa shape index (κ2) is 10.7. The molecule has 1 N–H and O–H groups in total. The number of nitrogens with zero attached hydrogens (tertiary/aromatic N) is 1. The lowest BCUT2D eigenvalue weighted by atomic mass is 10.0. The minimum atomic E-state index is 0.821. The van der Waals surface area contributed by atoms with Gasteiger partial charge in [0, 0.05) is 17.5 Å². The molecule has 4 heteroatoms. The largest absolute Gasteiger partial charge is 0.496 e. The molecule has 3 rings (SSSR count). The fourth-order valence-corrected chi connectivity index (χ4v) is 3.69. The van der Waals surface area contributed by atoms with Gasteiger partial charge in [-0.05, 0) is 30.7 Å². The smallest absolute Gasteiger partial charge is 0.128 e. The molecule has 0 aliphatic rings. The van der Waals surface area contributed by atoms with E-state index in [4.69, 9.17) is 14.5 Å². The molecule has 154 valence electrons. The maximum atomic E-state index is 5.61. The zero-order chi connectivity index (χ0) is 20.5. The number of benzene rings is 2. The number of nitrogens with one attached hydrogen (secondary N) is 1. The zero-order valence-electron chi connectivity index (χ0n) is 17.8. The van der Waals surface area contributed by atoms with Gasteiger partial charge >= 0.3 is 0 Å². The molecular weight excluding hydrogens is 360 g/mol. The first kappa shape index (κ1) is 21.0. The Morgan fingerprint density at radius 2 is 1.34 bits per heavy atom. The normalized spacial score (nSPS) is 10.9. The lowest BCUT2D eigenvalue weighted by molar-refractivity contribution is 0.415. The third-order valence-corrected chi connectivity index (χ3v) is 5.26. The van der Waals surface area contributed by atoms with Crippen molar-refractivity contribution in [3.05, 3.63) is 54.4 Å². The molecule has 0 amide bonds. The Bertz CT molecular complexity index is 836. The van der Waals surface area contributed by atoms with Crippen LogP contribution < -0.4 is 9.47 Å². The van der Waals surface area contributed by atoms with Gasteiger partial charge in [0.2, 0.25) is 0 Å². The van der Waals surface area contributed by atoms with Gasteiger partial charge in [-0.15, -0.1) is 0 Å². The predicted octanol–water partition coefficient (Wildman–Crippen LogP) is 6.66. The van der Waals surface area contributed by atoms with E-state index in [0.717, 1.165) is 52.7 Å². The molecule has 0 saturated carbocycles. The van der Waals surface area contributed by atoms with Crippen molar-refractivity contribution in [3.8, 4) is 34.0 Å². The van der Waals surface area contributed by atoms with Gasteiger partial charge in [-0.3, -0.25) is 0 Å². The van der Waals surface area contributed by atoms with E-state index in [0.29, 0.717) is 0 Å². The molecular formula is C25H32N2O2. The van der Waals surface area contributed by atoms with E-state index in [1.807, 2.05) is 36.4 Å². The van der Waals surface area contributed by atoms with E-state index >= 15 is 0 Å². The molecule has 0 aliphatic heterocycles. The highest BCUT2D eigenvalue weighted by Crippen LogP contribution is 2.39. The van der Waals surface area contributed by atoms with Gasteiger partial charge in [-0.25, -0.2) is 4.98 Å². The number of hydrogen-bond acceptors (Lipinski definition) is 3. The summed E-state index contributed by atoms with van der Waals surface area (Å²) < 4.78 is 11.2. The van der Waals surface area contributed by atoms with E-state index in [9.17, 15) is 0 Å². The highest BCUT2D eigenvalue weighted by atomic mass is 16.5. The van der Waals surface area contributed by atoms with E-state index in [1.54, 1.807) is 14.2 Å². The third-order valence-electron chi connectivity index (χ3n) is 5.26. The SMILES string of the molecule is CCCCCCCCc1nc(-c2ccccc2OC)c(-c2ccccc2OC)[nH]1. The number of rotatable bonds is 11. The van der Waals surface area contributed by atoms with Gasteiger partial charge in [0.15, 0.2) is 0 Å². The van der Waals surface area contributed by atoms with Crippen LogP contribution in [0, 0.1) is 0 Å². The molecule has 3 aromatic rings. The number of aryl methyl sites for hydroxylation is 1. The highest BCUT2D eigenvalue weighted by molar-refractivity contribution is 5.84. The van der Waals surface area contributed by atoms with Crippen molar-refractivity contribution < 1.29 is 9.47 Å². The maximum absolute atomic E-state index is 5.61. The average molecular weight is 393 g/mol. The van der Waals surface area contributed by atoms with Crippen molar-refractivity contribution in [2.45, 2.75) is 51.9 Å². The van der Waals surface area contributed by atoms with E-state index in [1.165, 1.54) is 32.1 Å². The number of ether oxygens (including phenoxy) is 2. The van der Waals surface area contributed by atoms with Crippen LogP contribution in [0.15, 0.2) is 48.5 Å². The molecule has 0 atom stereocenters. The van der Waals surface area contributed by atoms with Gasteiger partial charge in [0.05, 0.1) is 19.9 Å². The first-order valence-corrected chi connectivity index (χ1v) is 10.6. The molecule has 0 aliphatic carbocycles. The van der Waals surface area contributed by atoms with Crippen molar-refractivity contribution in [3.63, 3.8) is 0 Å². The Morgan fingerprint density at radius 3 is 2.03 bits per heavy atom. The first-order valence-electron chi connectivity index (χ1n) is 10.6. The topological polar surface area (TPSA) is 47.1 Å². The van der Waals surface area contributed by atoms with Crippen molar-refractivity contribution in [1.29, 1.82) is 0 Å². The Kier molecular flexibility index (Phi) is 7.74. The number of unbranched alkanes of at least 4 members (excludes halogenated alkanes) is 5. The maximum Gasteiger partial charge on any atom is 0.128 e. The van der Waals surface area contributed by atoms with Crippen LogP contribution in [0.2, 0.25) is 0 Å². The van der Waals surface area contributed by atoms with Crippen LogP contribution in [0.25, 0.3) is 22.5 Å². The fraction of sp³-hybridized carbons (Fsp3) is 0.400. The molecule has 1 aromatic heterocycles. The van der Waals surface area contributed by atoms with Gasteiger partial charge in [0.25, 0.3) is 0 Å². The monoisotopic (exact) mass is 392 g/mol. The highest BCUT2D eigenvalue weighted by Gasteiger charge is 2.19. The zero-order valence-corrected chi connectivity index (χ0v) is 17.8. The fourth-order valence-electron chi connectivity index (χ4n) is 3.69. The number of para-hydroxylation sites is 2. The third kappa shape index (κ3) is 5.20. The van der Waals surface area contributed by atoms with Crippen molar-refractivity contribution in [1.82, 2.24) is 9.97 Å². The minimum Gasteiger partial charge on any atom is -0.496 e. The number of H-pyrrole nitrogens is 1. The summed E-state index contributed by atoms with van der Waals surface area (Å²) >= 11 is 0. The summed E-state index contributed by atoms with van der Waals surface area (Å²) in [5.74, 6) is 2.67. The van der Waals surface area contributed by atoms with Crippen LogP contribution in [0.5, 0.6) is 11.5 Å². The number of imidazole rings is 1. The van der Waals surface area contributed by atoms with Gasteiger partial charge in [-0.1, -0.05) is 63.3 Å². The van der Waals surface area contributed by atoms with Crippen molar-refractivity contribution in [2.75, 3.05) is 14.2 Å². The molecule has 0 spiro atoms. The average Bonchev–Trinajstić information content (AvgIpc) is 3.19. The molecule has 4 nitrogen and oxygen atoms in total. The second-order valence-electron chi connectivity index (χ2n) is 7.33. The molecule has 0 unspecified atom stereocenters. The number of aromatic nitrogens is 2. The van der Waals surface area contributed by atoms with Gasteiger partial charge in [-0.2, -0.15) is 0 Å². The van der Waals surface area contributed by atoms with Crippen LogP contribution in [0.3, 0.4) is 0 Å². The Balaban J connectivity index is 1.92. The molecule has 29 heavy (non-hydrogen) atoms. The summed E-state index contributed by atoms with van der Waals surface area (Å²) in [4.78, 5) is 8.56. The molecule has 0 radical (unpaired) electrons. The first-order chi connectivity index (χ1) is 14.3.